The van der Waals surface area contributed by atoms with Gasteiger partial charge in [-0.3, -0.25) is 4.79 Å². The Morgan fingerprint density at radius 2 is 1.91 bits per heavy atom. The van der Waals surface area contributed by atoms with E-state index in [2.05, 4.69) is 10.4 Å². The summed E-state index contributed by atoms with van der Waals surface area (Å²) >= 11 is 0. The van der Waals surface area contributed by atoms with Gasteiger partial charge in [-0.05, 0) is 19.8 Å². The fourth-order valence-corrected chi connectivity index (χ4v) is 2.58. The normalized spacial score (nSPS) is 13.0. The van der Waals surface area contributed by atoms with Crippen LogP contribution in [-0.2, 0) is 11.2 Å². The number of aliphatic hydroxyl groups excluding tert-OH is 1. The van der Waals surface area contributed by atoms with Crippen LogP contribution >= 0.6 is 0 Å². The molecule has 2 N–H and O–H groups in total. The van der Waals surface area contributed by atoms with E-state index in [-0.39, 0.29) is 24.8 Å². The van der Waals surface area contributed by atoms with Gasteiger partial charge in [0.05, 0.1) is 18.2 Å². The Hall–Kier alpha value is -1.50. The summed E-state index contributed by atoms with van der Waals surface area (Å²) in [6.45, 7) is 4.57. The summed E-state index contributed by atoms with van der Waals surface area (Å²) in [5.41, 5.74) is 1.23. The van der Waals surface area contributed by atoms with E-state index in [9.17, 15) is 18.7 Å². The molecule has 1 unspecified atom stereocenters. The van der Waals surface area contributed by atoms with Crippen molar-refractivity contribution < 1.29 is 18.7 Å². The number of nitrogens with zero attached hydrogens (tertiary/aromatic N) is 2. The van der Waals surface area contributed by atoms with Gasteiger partial charge in [0.2, 0.25) is 5.91 Å². The molecule has 0 aliphatic rings. The molecule has 0 saturated carbocycles. The first-order valence-electron chi connectivity index (χ1n) is 7.59. The number of halogens is 2. The fraction of sp³-hybridized carbons (Fsp3) is 0.733. The molecule has 0 aromatic carbocycles. The molecule has 0 fully saturated rings. The topological polar surface area (TPSA) is 67.2 Å². The Kier molecular flexibility index (Phi) is 6.93. The molecule has 5 nitrogen and oxygen atoms in total. The van der Waals surface area contributed by atoms with Crippen LogP contribution in [0.1, 0.15) is 50.2 Å². The zero-order chi connectivity index (χ0) is 16.9. The minimum atomic E-state index is -2.72. The molecule has 1 aromatic heterocycles. The van der Waals surface area contributed by atoms with Crippen LogP contribution in [0.15, 0.2) is 0 Å². The number of nitrogens with one attached hydrogen (secondary N) is 1. The zero-order valence-corrected chi connectivity index (χ0v) is 13.6. The maximum atomic E-state index is 12.7. The smallest absolute Gasteiger partial charge is 0.333 e. The Morgan fingerprint density at radius 1 is 1.32 bits per heavy atom. The number of carbonyl (C=O) groups is 1. The van der Waals surface area contributed by atoms with Gasteiger partial charge in [0.15, 0.2) is 0 Å². The van der Waals surface area contributed by atoms with E-state index in [4.69, 9.17) is 0 Å². The van der Waals surface area contributed by atoms with Gasteiger partial charge in [-0.1, -0.05) is 26.7 Å². The van der Waals surface area contributed by atoms with Gasteiger partial charge < -0.3 is 10.4 Å². The molecule has 1 atom stereocenters. The van der Waals surface area contributed by atoms with Crippen LogP contribution in [0.3, 0.4) is 0 Å². The van der Waals surface area contributed by atoms with Crippen LogP contribution in [0, 0.1) is 19.8 Å². The van der Waals surface area contributed by atoms with Crippen molar-refractivity contribution >= 4 is 5.91 Å². The lowest BCUT2D eigenvalue weighted by Gasteiger charge is -2.20. The molecule has 1 aromatic rings. The number of hydrogen-bond donors (Lipinski definition) is 2. The lowest BCUT2D eigenvalue weighted by Crippen LogP contribution is -2.36. The van der Waals surface area contributed by atoms with Gasteiger partial charge in [-0.2, -0.15) is 13.9 Å². The summed E-state index contributed by atoms with van der Waals surface area (Å²) < 4.78 is 26.1. The molecule has 0 spiro atoms. The van der Waals surface area contributed by atoms with Crippen molar-refractivity contribution in [1.29, 1.82) is 0 Å². The van der Waals surface area contributed by atoms with Crippen molar-refractivity contribution in [3.63, 3.8) is 0 Å². The highest BCUT2D eigenvalue weighted by Crippen LogP contribution is 2.19. The SMILES string of the molecule is CCC(CC)C(O)CNC(=O)Cc1c(C)nn(C(F)F)c1C. The van der Waals surface area contributed by atoms with Crippen LogP contribution in [0.4, 0.5) is 8.78 Å². The molecular formula is C15H25F2N3O2. The molecule has 0 saturated heterocycles. The van der Waals surface area contributed by atoms with Crippen molar-refractivity contribution in [1.82, 2.24) is 15.1 Å². The number of rotatable bonds is 8. The number of amides is 1. The third-order valence-corrected chi connectivity index (χ3v) is 4.10. The average Bonchev–Trinajstić information content (AvgIpc) is 2.74. The molecular weight excluding hydrogens is 292 g/mol. The number of aliphatic hydroxyl groups is 1. The first-order chi connectivity index (χ1) is 10.3. The predicted molar refractivity (Wildman–Crippen MR) is 79.7 cm³/mol. The van der Waals surface area contributed by atoms with E-state index in [1.165, 1.54) is 6.92 Å². The minimum Gasteiger partial charge on any atom is -0.391 e. The molecule has 7 heteroatoms. The van der Waals surface area contributed by atoms with E-state index in [1.54, 1.807) is 6.92 Å². The predicted octanol–water partition coefficient (Wildman–Crippen LogP) is 2.35. The molecule has 1 rings (SSSR count). The fourth-order valence-electron chi connectivity index (χ4n) is 2.58. The zero-order valence-electron chi connectivity index (χ0n) is 13.6. The largest absolute Gasteiger partial charge is 0.391 e. The van der Waals surface area contributed by atoms with Crippen molar-refractivity contribution in [2.24, 2.45) is 5.92 Å². The van der Waals surface area contributed by atoms with Crippen molar-refractivity contribution in [2.75, 3.05) is 6.54 Å². The molecule has 0 aliphatic heterocycles. The maximum Gasteiger partial charge on any atom is 0.333 e. The molecule has 1 amide bonds. The van der Waals surface area contributed by atoms with E-state index < -0.39 is 12.7 Å². The van der Waals surface area contributed by atoms with Crippen LogP contribution in [-0.4, -0.2) is 33.4 Å². The summed E-state index contributed by atoms with van der Waals surface area (Å²) in [4.78, 5) is 12.0. The van der Waals surface area contributed by atoms with Crippen LogP contribution in [0.25, 0.3) is 0 Å². The maximum absolute atomic E-state index is 12.7. The highest BCUT2D eigenvalue weighted by atomic mass is 19.3. The first-order valence-corrected chi connectivity index (χ1v) is 7.59. The highest BCUT2D eigenvalue weighted by Gasteiger charge is 2.20. The third-order valence-electron chi connectivity index (χ3n) is 4.10. The summed E-state index contributed by atoms with van der Waals surface area (Å²) in [5, 5.41) is 16.4. The Morgan fingerprint density at radius 3 is 2.36 bits per heavy atom. The first kappa shape index (κ1) is 18.5. The molecule has 0 radical (unpaired) electrons. The Balaban J connectivity index is 2.63. The molecule has 0 bridgehead atoms. The monoisotopic (exact) mass is 317 g/mol. The average molecular weight is 317 g/mol. The Labute approximate surface area is 129 Å². The highest BCUT2D eigenvalue weighted by molar-refractivity contribution is 5.79. The van der Waals surface area contributed by atoms with E-state index in [0.29, 0.717) is 21.6 Å². The van der Waals surface area contributed by atoms with Crippen molar-refractivity contribution in [2.45, 2.75) is 59.6 Å². The van der Waals surface area contributed by atoms with Crippen LogP contribution in [0.2, 0.25) is 0 Å². The second-order valence-corrected chi connectivity index (χ2v) is 5.50. The summed E-state index contributed by atoms with van der Waals surface area (Å²) in [6, 6.07) is 0. The Bertz CT molecular complexity index is 499. The summed E-state index contributed by atoms with van der Waals surface area (Å²) in [5.74, 6) is -0.157. The van der Waals surface area contributed by atoms with Gasteiger partial charge >= 0.3 is 6.55 Å². The molecule has 22 heavy (non-hydrogen) atoms. The molecule has 1 heterocycles. The quantitative estimate of drug-likeness (QED) is 0.773. The molecule has 0 aliphatic carbocycles. The summed E-state index contributed by atoms with van der Waals surface area (Å²) in [7, 11) is 0. The van der Waals surface area contributed by atoms with E-state index in [0.717, 1.165) is 12.8 Å². The van der Waals surface area contributed by atoms with E-state index in [1.807, 2.05) is 13.8 Å². The standard InChI is InChI=1S/C15H25F2N3O2/c1-5-11(6-2)13(21)8-18-14(22)7-12-9(3)19-20(10(12)4)15(16)17/h11,13,15,21H,5-8H2,1-4H3,(H,18,22). The van der Waals surface area contributed by atoms with Crippen LogP contribution in [0.5, 0.6) is 0 Å². The number of alkyl halides is 2. The van der Waals surface area contributed by atoms with Gasteiger partial charge in [0, 0.05) is 17.8 Å². The summed E-state index contributed by atoms with van der Waals surface area (Å²) in [6.07, 6.45) is 1.07. The van der Waals surface area contributed by atoms with Crippen LogP contribution < -0.4 is 5.32 Å². The van der Waals surface area contributed by atoms with Gasteiger partial charge in [0.25, 0.3) is 0 Å². The van der Waals surface area contributed by atoms with Gasteiger partial charge in [0.1, 0.15) is 0 Å². The van der Waals surface area contributed by atoms with Gasteiger partial charge in [-0.25, -0.2) is 4.68 Å². The van der Waals surface area contributed by atoms with Gasteiger partial charge in [-0.15, -0.1) is 0 Å². The molecule has 126 valence electrons. The number of aryl methyl sites for hydroxylation is 1. The van der Waals surface area contributed by atoms with E-state index >= 15 is 0 Å². The second-order valence-electron chi connectivity index (χ2n) is 5.50. The third kappa shape index (κ3) is 4.50. The number of aromatic nitrogens is 2. The van der Waals surface area contributed by atoms with Crippen molar-refractivity contribution in [3.05, 3.63) is 17.0 Å². The number of hydrogen-bond acceptors (Lipinski definition) is 3. The number of carbonyl (C=O) groups excluding carboxylic acids is 1. The lowest BCUT2D eigenvalue weighted by molar-refractivity contribution is -0.121. The lowest BCUT2D eigenvalue weighted by atomic mass is 9.96. The van der Waals surface area contributed by atoms with Crippen molar-refractivity contribution in [3.8, 4) is 0 Å². The minimum absolute atomic E-state index is 0.0139. The second kappa shape index (κ2) is 8.22.